The molecule has 2 aromatic rings. The summed E-state index contributed by atoms with van der Waals surface area (Å²) in [6.45, 7) is 1.70. The molecule has 2 N–H and O–H groups in total. The van der Waals surface area contributed by atoms with Gasteiger partial charge in [0.2, 0.25) is 5.91 Å². The van der Waals surface area contributed by atoms with Crippen LogP contribution in [0.15, 0.2) is 24.4 Å². The number of anilines is 1. The van der Waals surface area contributed by atoms with Crippen LogP contribution in [0, 0.1) is 6.92 Å². The van der Waals surface area contributed by atoms with Gasteiger partial charge in [0.15, 0.2) is 0 Å². The first kappa shape index (κ1) is 11.5. The van der Waals surface area contributed by atoms with E-state index >= 15 is 0 Å². The van der Waals surface area contributed by atoms with Gasteiger partial charge in [0, 0.05) is 5.69 Å². The van der Waals surface area contributed by atoms with Crippen LogP contribution in [-0.2, 0) is 11.2 Å². The molecule has 96 valence electrons. The highest BCUT2D eigenvalue weighted by atomic mass is 16.4. The quantitative estimate of drug-likeness (QED) is 0.851. The Kier molecular flexibility index (Phi) is 2.38. The van der Waals surface area contributed by atoms with Gasteiger partial charge in [0.05, 0.1) is 24.0 Å². The van der Waals surface area contributed by atoms with Gasteiger partial charge in [-0.15, -0.1) is 0 Å². The molecular weight excluding hydrogens is 246 g/mol. The highest BCUT2D eigenvalue weighted by Gasteiger charge is 2.19. The Hall–Kier alpha value is -2.63. The van der Waals surface area contributed by atoms with Crippen molar-refractivity contribution in [2.24, 2.45) is 0 Å². The summed E-state index contributed by atoms with van der Waals surface area (Å²) in [5.41, 5.74) is 3.19. The number of aromatic carboxylic acids is 1. The molecule has 1 aromatic carbocycles. The van der Waals surface area contributed by atoms with Gasteiger partial charge in [-0.2, -0.15) is 5.10 Å². The van der Waals surface area contributed by atoms with Gasteiger partial charge in [-0.25, -0.2) is 9.48 Å². The van der Waals surface area contributed by atoms with Crippen molar-refractivity contribution in [2.75, 3.05) is 5.32 Å². The van der Waals surface area contributed by atoms with E-state index in [1.807, 2.05) is 6.07 Å². The van der Waals surface area contributed by atoms with E-state index in [-0.39, 0.29) is 11.5 Å². The summed E-state index contributed by atoms with van der Waals surface area (Å²) in [6, 6.07) is 5.45. The number of rotatable bonds is 2. The first-order chi connectivity index (χ1) is 9.06. The first-order valence-corrected chi connectivity index (χ1v) is 5.77. The molecule has 0 bridgehead atoms. The highest BCUT2D eigenvalue weighted by Crippen LogP contribution is 2.26. The summed E-state index contributed by atoms with van der Waals surface area (Å²) < 4.78 is 1.56. The molecule has 0 saturated heterocycles. The Balaban J connectivity index is 2.07. The van der Waals surface area contributed by atoms with Crippen molar-refractivity contribution in [1.82, 2.24) is 9.78 Å². The number of carboxylic acids is 1. The maximum Gasteiger partial charge on any atom is 0.339 e. The number of hydrogen-bond acceptors (Lipinski definition) is 3. The van der Waals surface area contributed by atoms with E-state index in [1.54, 1.807) is 23.7 Å². The second-order valence-electron chi connectivity index (χ2n) is 4.43. The minimum atomic E-state index is -0.998. The summed E-state index contributed by atoms with van der Waals surface area (Å²) in [5, 5.41) is 15.8. The zero-order chi connectivity index (χ0) is 13.6. The summed E-state index contributed by atoms with van der Waals surface area (Å²) in [7, 11) is 0. The van der Waals surface area contributed by atoms with Gasteiger partial charge in [-0.1, -0.05) is 0 Å². The van der Waals surface area contributed by atoms with Gasteiger partial charge in [0.25, 0.3) is 0 Å². The van der Waals surface area contributed by atoms with E-state index in [4.69, 9.17) is 5.11 Å². The molecule has 0 atom stereocenters. The molecule has 0 saturated carbocycles. The van der Waals surface area contributed by atoms with Crippen molar-refractivity contribution in [1.29, 1.82) is 0 Å². The minimum Gasteiger partial charge on any atom is -0.478 e. The third kappa shape index (κ3) is 1.77. The third-order valence-electron chi connectivity index (χ3n) is 3.20. The second-order valence-corrected chi connectivity index (χ2v) is 4.43. The van der Waals surface area contributed by atoms with Crippen LogP contribution >= 0.6 is 0 Å². The maximum atomic E-state index is 11.3. The number of carbonyl (C=O) groups is 2. The molecular formula is C13H11N3O3. The predicted octanol–water partition coefficient (Wildman–Crippen LogP) is 1.37. The molecule has 0 unspecified atom stereocenters. The van der Waals surface area contributed by atoms with Crippen molar-refractivity contribution >= 4 is 17.6 Å². The average Bonchev–Trinajstić information content (AvgIpc) is 2.89. The van der Waals surface area contributed by atoms with Gasteiger partial charge in [-0.05, 0) is 30.7 Å². The molecule has 2 heterocycles. The lowest BCUT2D eigenvalue weighted by Crippen LogP contribution is -2.03. The zero-order valence-corrected chi connectivity index (χ0v) is 10.2. The zero-order valence-electron chi connectivity index (χ0n) is 10.2. The van der Waals surface area contributed by atoms with E-state index in [9.17, 15) is 9.59 Å². The van der Waals surface area contributed by atoms with Crippen molar-refractivity contribution in [2.45, 2.75) is 13.3 Å². The number of benzene rings is 1. The van der Waals surface area contributed by atoms with Crippen molar-refractivity contribution in [3.8, 4) is 5.69 Å². The monoisotopic (exact) mass is 257 g/mol. The number of nitrogens with one attached hydrogen (secondary N) is 1. The van der Waals surface area contributed by atoms with Gasteiger partial charge in [0.1, 0.15) is 5.56 Å². The lowest BCUT2D eigenvalue weighted by Gasteiger charge is -2.06. The van der Waals surface area contributed by atoms with Crippen molar-refractivity contribution < 1.29 is 14.7 Å². The lowest BCUT2D eigenvalue weighted by molar-refractivity contribution is -0.115. The van der Waals surface area contributed by atoms with Crippen LogP contribution in [0.4, 0.5) is 5.69 Å². The molecule has 0 radical (unpaired) electrons. The molecule has 1 amide bonds. The Morgan fingerprint density at radius 3 is 2.95 bits per heavy atom. The lowest BCUT2D eigenvalue weighted by atomic mass is 10.1. The second kappa shape index (κ2) is 3.94. The smallest absolute Gasteiger partial charge is 0.339 e. The minimum absolute atomic E-state index is 0.0319. The third-order valence-corrected chi connectivity index (χ3v) is 3.20. The molecule has 0 spiro atoms. The van der Waals surface area contributed by atoms with E-state index < -0.39 is 5.97 Å². The van der Waals surface area contributed by atoms with Gasteiger partial charge < -0.3 is 10.4 Å². The standard InChI is InChI=1S/C13H11N3O3/c1-7-10(13(18)19)6-14-16(7)9-2-3-11-8(4-9)5-12(17)15-11/h2-4,6H,5H2,1H3,(H,15,17)(H,18,19). The number of aromatic nitrogens is 2. The Bertz CT molecular complexity index is 703. The maximum absolute atomic E-state index is 11.3. The number of amides is 1. The van der Waals surface area contributed by atoms with Gasteiger partial charge in [-0.3, -0.25) is 4.79 Å². The van der Waals surface area contributed by atoms with Gasteiger partial charge >= 0.3 is 5.97 Å². The predicted molar refractivity (Wildman–Crippen MR) is 67.6 cm³/mol. The molecule has 6 nitrogen and oxygen atoms in total. The molecule has 0 fully saturated rings. The molecule has 19 heavy (non-hydrogen) atoms. The Morgan fingerprint density at radius 1 is 1.47 bits per heavy atom. The normalized spacial score (nSPS) is 13.2. The van der Waals surface area contributed by atoms with Crippen molar-refractivity contribution in [3.05, 3.63) is 41.2 Å². The van der Waals surface area contributed by atoms with E-state index in [0.717, 1.165) is 16.9 Å². The number of carboxylic acid groups (broad SMARTS) is 1. The average molecular weight is 257 g/mol. The van der Waals surface area contributed by atoms with Crippen molar-refractivity contribution in [3.63, 3.8) is 0 Å². The van der Waals surface area contributed by atoms with Crippen LogP contribution in [0.25, 0.3) is 5.69 Å². The number of nitrogens with zero attached hydrogens (tertiary/aromatic N) is 2. The van der Waals surface area contributed by atoms with Crippen LogP contribution in [0.2, 0.25) is 0 Å². The SMILES string of the molecule is Cc1c(C(=O)O)cnn1-c1ccc2c(c1)CC(=O)N2. The van der Waals surface area contributed by atoms with Crippen LogP contribution in [0.3, 0.4) is 0 Å². The molecule has 6 heteroatoms. The summed E-state index contributed by atoms with van der Waals surface area (Å²) in [4.78, 5) is 22.3. The van der Waals surface area contributed by atoms with E-state index in [1.165, 1.54) is 6.20 Å². The molecule has 1 aliphatic rings. The summed E-state index contributed by atoms with van der Waals surface area (Å²) in [6.07, 6.45) is 1.67. The topological polar surface area (TPSA) is 84.2 Å². The molecule has 0 aliphatic carbocycles. The fourth-order valence-electron chi connectivity index (χ4n) is 2.23. The van der Waals surface area contributed by atoms with E-state index in [0.29, 0.717) is 12.1 Å². The fourth-order valence-corrected chi connectivity index (χ4v) is 2.23. The number of fused-ring (bicyclic) bond motifs is 1. The number of carbonyl (C=O) groups excluding carboxylic acids is 1. The van der Waals surface area contributed by atoms with Crippen LogP contribution in [0.1, 0.15) is 21.6 Å². The fraction of sp³-hybridized carbons (Fsp3) is 0.154. The summed E-state index contributed by atoms with van der Waals surface area (Å²) in [5.74, 6) is -1.03. The van der Waals surface area contributed by atoms with Crippen LogP contribution < -0.4 is 5.32 Å². The molecule has 1 aliphatic heterocycles. The van der Waals surface area contributed by atoms with Crippen LogP contribution in [-0.4, -0.2) is 26.8 Å². The largest absolute Gasteiger partial charge is 0.478 e. The number of hydrogen-bond donors (Lipinski definition) is 2. The molecule has 3 rings (SSSR count). The Morgan fingerprint density at radius 2 is 2.26 bits per heavy atom. The Labute approximate surface area is 108 Å². The molecule has 1 aromatic heterocycles. The first-order valence-electron chi connectivity index (χ1n) is 5.77. The summed E-state index contributed by atoms with van der Waals surface area (Å²) >= 11 is 0. The van der Waals surface area contributed by atoms with E-state index in [2.05, 4.69) is 10.4 Å². The highest BCUT2D eigenvalue weighted by molar-refractivity contribution is 5.99. The van der Waals surface area contributed by atoms with Crippen LogP contribution in [0.5, 0.6) is 0 Å².